The molecule has 1 N–H and O–H groups in total. The lowest BCUT2D eigenvalue weighted by Gasteiger charge is -2.38. The SMILES string of the molecule is CCO[C@H]1OC(C(=O)N2CCCCC2)=C[C@@H](c2ccc(Cl)cc2)[C@H]1CCCO. The van der Waals surface area contributed by atoms with Crippen molar-refractivity contribution in [2.45, 2.75) is 51.2 Å². The van der Waals surface area contributed by atoms with E-state index in [0.717, 1.165) is 37.9 Å². The average Bonchev–Trinajstić information content (AvgIpc) is 2.73. The number of carbonyl (C=O) groups is 1. The van der Waals surface area contributed by atoms with E-state index in [1.54, 1.807) is 0 Å². The summed E-state index contributed by atoms with van der Waals surface area (Å²) in [7, 11) is 0. The van der Waals surface area contributed by atoms with Crippen molar-refractivity contribution in [3.05, 3.63) is 46.7 Å². The molecule has 3 atom stereocenters. The first-order valence-electron chi connectivity index (χ1n) is 10.3. The topological polar surface area (TPSA) is 59.0 Å². The quantitative estimate of drug-likeness (QED) is 0.739. The number of allylic oxidation sites excluding steroid dienone is 1. The zero-order valence-corrected chi connectivity index (χ0v) is 17.2. The van der Waals surface area contributed by atoms with Crippen LogP contribution in [0.25, 0.3) is 0 Å². The van der Waals surface area contributed by atoms with E-state index < -0.39 is 6.29 Å². The van der Waals surface area contributed by atoms with Crippen LogP contribution in [0.3, 0.4) is 0 Å². The summed E-state index contributed by atoms with van der Waals surface area (Å²) in [5.74, 6) is 0.313. The molecule has 6 heteroatoms. The van der Waals surface area contributed by atoms with Crippen molar-refractivity contribution in [3.8, 4) is 0 Å². The number of piperidine rings is 1. The largest absolute Gasteiger partial charge is 0.459 e. The molecule has 2 aliphatic heterocycles. The lowest BCUT2D eigenvalue weighted by Crippen LogP contribution is -2.42. The molecule has 0 aliphatic carbocycles. The highest BCUT2D eigenvalue weighted by Crippen LogP contribution is 2.40. The molecule has 2 heterocycles. The highest BCUT2D eigenvalue weighted by molar-refractivity contribution is 6.30. The Morgan fingerprint density at radius 1 is 1.25 bits per heavy atom. The predicted octanol–water partition coefficient (Wildman–Crippen LogP) is 4.10. The summed E-state index contributed by atoms with van der Waals surface area (Å²) < 4.78 is 12.0. The molecule has 1 fully saturated rings. The van der Waals surface area contributed by atoms with Crippen LogP contribution in [-0.2, 0) is 14.3 Å². The van der Waals surface area contributed by atoms with Gasteiger partial charge in [-0.1, -0.05) is 23.7 Å². The minimum Gasteiger partial charge on any atom is -0.459 e. The van der Waals surface area contributed by atoms with E-state index in [1.807, 2.05) is 42.2 Å². The van der Waals surface area contributed by atoms with E-state index in [9.17, 15) is 9.90 Å². The van der Waals surface area contributed by atoms with Gasteiger partial charge in [-0.3, -0.25) is 4.79 Å². The summed E-state index contributed by atoms with van der Waals surface area (Å²) in [5.41, 5.74) is 1.07. The van der Waals surface area contributed by atoms with Crippen LogP contribution in [-0.4, -0.2) is 48.5 Å². The monoisotopic (exact) mass is 407 g/mol. The van der Waals surface area contributed by atoms with E-state index in [2.05, 4.69) is 0 Å². The molecule has 0 bridgehead atoms. The van der Waals surface area contributed by atoms with Crippen LogP contribution >= 0.6 is 11.6 Å². The van der Waals surface area contributed by atoms with Gasteiger partial charge in [0.15, 0.2) is 5.76 Å². The third kappa shape index (κ3) is 5.07. The first-order chi connectivity index (χ1) is 13.6. The van der Waals surface area contributed by atoms with Gasteiger partial charge in [0.25, 0.3) is 5.91 Å². The number of likely N-dealkylation sites (tertiary alicyclic amines) is 1. The molecule has 0 aromatic heterocycles. The number of carbonyl (C=O) groups excluding carboxylic acids is 1. The molecule has 1 aromatic rings. The molecule has 0 spiro atoms. The average molecular weight is 408 g/mol. The Kier molecular flexibility index (Phi) is 7.77. The van der Waals surface area contributed by atoms with E-state index in [4.69, 9.17) is 21.1 Å². The lowest BCUT2D eigenvalue weighted by atomic mass is 9.80. The first-order valence-corrected chi connectivity index (χ1v) is 10.7. The molecular weight excluding hydrogens is 378 g/mol. The number of amides is 1. The molecule has 154 valence electrons. The van der Waals surface area contributed by atoms with Gasteiger partial charge in [-0.15, -0.1) is 0 Å². The summed E-state index contributed by atoms with van der Waals surface area (Å²) >= 11 is 6.07. The van der Waals surface area contributed by atoms with Crippen molar-refractivity contribution in [2.75, 3.05) is 26.3 Å². The molecule has 5 nitrogen and oxygen atoms in total. The Hall–Kier alpha value is -1.56. The Bertz CT molecular complexity index is 670. The van der Waals surface area contributed by atoms with Crippen LogP contribution in [0.2, 0.25) is 5.02 Å². The van der Waals surface area contributed by atoms with Crippen molar-refractivity contribution in [1.29, 1.82) is 0 Å². The van der Waals surface area contributed by atoms with E-state index >= 15 is 0 Å². The number of hydrogen-bond acceptors (Lipinski definition) is 4. The standard InChI is InChI=1S/C22H30ClNO4/c1-2-27-22-18(7-6-14-25)19(16-8-10-17(23)11-9-16)15-20(28-22)21(26)24-12-4-3-5-13-24/h8-11,15,18-19,22,25H,2-7,12-14H2,1H3/t18-,19+,22+/m1/s1. The summed E-state index contributed by atoms with van der Waals surface area (Å²) in [4.78, 5) is 15.0. The van der Waals surface area contributed by atoms with E-state index in [0.29, 0.717) is 23.8 Å². The summed E-state index contributed by atoms with van der Waals surface area (Å²) in [6, 6.07) is 7.72. The van der Waals surface area contributed by atoms with Crippen molar-refractivity contribution >= 4 is 17.5 Å². The maximum atomic E-state index is 13.1. The molecule has 0 saturated carbocycles. The van der Waals surface area contributed by atoms with Gasteiger partial charge in [0.05, 0.1) is 0 Å². The van der Waals surface area contributed by atoms with Gasteiger partial charge in [0.1, 0.15) is 0 Å². The molecule has 0 radical (unpaired) electrons. The number of rotatable bonds is 7. The summed E-state index contributed by atoms with van der Waals surface area (Å²) in [6.07, 6.45) is 6.08. The van der Waals surface area contributed by atoms with Crippen LogP contribution < -0.4 is 0 Å². The minimum absolute atomic E-state index is 0.0196. The second-order valence-corrected chi connectivity index (χ2v) is 7.87. The second kappa shape index (κ2) is 10.3. The number of ether oxygens (including phenoxy) is 2. The van der Waals surface area contributed by atoms with Crippen LogP contribution in [0.15, 0.2) is 36.1 Å². The molecule has 1 amide bonds. The van der Waals surface area contributed by atoms with Gasteiger partial charge < -0.3 is 19.5 Å². The third-order valence-corrected chi connectivity index (χ3v) is 5.77. The van der Waals surface area contributed by atoms with Gasteiger partial charge >= 0.3 is 0 Å². The predicted molar refractivity (Wildman–Crippen MR) is 109 cm³/mol. The molecule has 1 saturated heterocycles. The number of halogens is 1. The lowest BCUT2D eigenvalue weighted by molar-refractivity contribution is -0.170. The van der Waals surface area contributed by atoms with Crippen LogP contribution in [0.5, 0.6) is 0 Å². The molecule has 0 unspecified atom stereocenters. The van der Waals surface area contributed by atoms with Crippen molar-refractivity contribution in [1.82, 2.24) is 4.90 Å². The number of hydrogen-bond donors (Lipinski definition) is 1. The van der Waals surface area contributed by atoms with Crippen molar-refractivity contribution in [2.24, 2.45) is 5.92 Å². The van der Waals surface area contributed by atoms with E-state index in [-0.39, 0.29) is 24.3 Å². The highest BCUT2D eigenvalue weighted by Gasteiger charge is 2.38. The smallest absolute Gasteiger partial charge is 0.288 e. The highest BCUT2D eigenvalue weighted by atomic mass is 35.5. The van der Waals surface area contributed by atoms with Crippen molar-refractivity contribution in [3.63, 3.8) is 0 Å². The maximum Gasteiger partial charge on any atom is 0.288 e. The maximum absolute atomic E-state index is 13.1. The number of nitrogens with zero attached hydrogens (tertiary/aromatic N) is 1. The Labute approximate surface area is 172 Å². The van der Waals surface area contributed by atoms with Crippen LogP contribution in [0.1, 0.15) is 50.5 Å². The Morgan fingerprint density at radius 3 is 2.61 bits per heavy atom. The van der Waals surface area contributed by atoms with Crippen LogP contribution in [0, 0.1) is 5.92 Å². The van der Waals surface area contributed by atoms with E-state index in [1.165, 1.54) is 6.42 Å². The Balaban J connectivity index is 1.92. The van der Waals surface area contributed by atoms with Gasteiger partial charge in [-0.2, -0.15) is 0 Å². The molecule has 1 aromatic carbocycles. The van der Waals surface area contributed by atoms with Crippen molar-refractivity contribution < 1.29 is 19.4 Å². The van der Waals surface area contributed by atoms with Gasteiger partial charge in [-0.25, -0.2) is 0 Å². The number of aliphatic hydroxyl groups excluding tert-OH is 1. The van der Waals surface area contributed by atoms with Crippen LogP contribution in [0.4, 0.5) is 0 Å². The van der Waals surface area contributed by atoms with Gasteiger partial charge in [0.2, 0.25) is 6.29 Å². The fourth-order valence-electron chi connectivity index (χ4n) is 4.08. The first kappa shape index (κ1) is 21.2. The third-order valence-electron chi connectivity index (χ3n) is 5.52. The molecular formula is C22H30ClNO4. The summed E-state index contributed by atoms with van der Waals surface area (Å²) in [5, 5.41) is 10.0. The summed E-state index contributed by atoms with van der Waals surface area (Å²) in [6.45, 7) is 4.09. The number of aliphatic hydroxyl groups is 1. The number of benzene rings is 1. The van der Waals surface area contributed by atoms with Gasteiger partial charge in [-0.05, 0) is 62.8 Å². The Morgan fingerprint density at radius 2 is 1.96 bits per heavy atom. The normalized spacial score (nSPS) is 25.2. The molecule has 2 aliphatic rings. The fraction of sp³-hybridized carbons (Fsp3) is 0.591. The zero-order valence-electron chi connectivity index (χ0n) is 16.5. The minimum atomic E-state index is -0.508. The second-order valence-electron chi connectivity index (χ2n) is 7.43. The molecule has 28 heavy (non-hydrogen) atoms. The fourth-order valence-corrected chi connectivity index (χ4v) is 4.20. The zero-order chi connectivity index (χ0) is 19.9. The van der Waals surface area contributed by atoms with Gasteiger partial charge in [0, 0.05) is 43.2 Å². The molecule has 3 rings (SSSR count).